The Labute approximate surface area is 183 Å². The summed E-state index contributed by atoms with van der Waals surface area (Å²) in [5.74, 6) is -0.702. The van der Waals surface area contributed by atoms with Crippen molar-refractivity contribution in [2.45, 2.75) is 11.3 Å². The number of nitrogens with one attached hydrogen (secondary N) is 1. The van der Waals surface area contributed by atoms with E-state index in [0.717, 1.165) is 6.07 Å². The number of methoxy groups -OCH3 is 1. The van der Waals surface area contributed by atoms with E-state index in [9.17, 15) is 28.1 Å². The quantitative estimate of drug-likeness (QED) is 0.314. The number of nitrogens with zero attached hydrogens (tertiary/aromatic N) is 1. The minimum Gasteiger partial charge on any atom is -0.495 e. The number of sulfonamides is 1. The lowest BCUT2D eigenvalue weighted by molar-refractivity contribution is -0.384. The highest BCUT2D eigenvalue weighted by Gasteiger charge is 2.23. The molecule has 0 bridgehead atoms. The first-order valence-corrected chi connectivity index (χ1v) is 10.7. The first-order chi connectivity index (χ1) is 15.2. The molecule has 32 heavy (non-hydrogen) atoms. The SMILES string of the molecule is COc1c(C=O)cc(S(=O)(=O)NC(=O)Cc2ccccc2)cc1-c1cccc([N+](=O)[O-])c1. The van der Waals surface area contributed by atoms with Crippen molar-refractivity contribution in [1.82, 2.24) is 4.72 Å². The van der Waals surface area contributed by atoms with Gasteiger partial charge in [0.2, 0.25) is 5.91 Å². The van der Waals surface area contributed by atoms with Gasteiger partial charge in [-0.2, -0.15) is 0 Å². The molecule has 3 aromatic rings. The lowest BCUT2D eigenvalue weighted by Gasteiger charge is -2.14. The molecule has 0 radical (unpaired) electrons. The van der Waals surface area contributed by atoms with Crippen LogP contribution < -0.4 is 9.46 Å². The minimum absolute atomic E-state index is 0.0510. The van der Waals surface area contributed by atoms with Gasteiger partial charge in [-0.05, 0) is 23.3 Å². The largest absolute Gasteiger partial charge is 0.495 e. The molecule has 0 spiro atoms. The van der Waals surface area contributed by atoms with Gasteiger partial charge in [0.25, 0.3) is 15.7 Å². The Morgan fingerprint density at radius 1 is 1.09 bits per heavy atom. The van der Waals surface area contributed by atoms with Crippen molar-refractivity contribution in [1.29, 1.82) is 0 Å². The average Bonchev–Trinajstić information content (AvgIpc) is 2.78. The van der Waals surface area contributed by atoms with E-state index in [2.05, 4.69) is 0 Å². The fraction of sp³-hybridized carbons (Fsp3) is 0.0909. The fourth-order valence-corrected chi connectivity index (χ4v) is 4.17. The minimum atomic E-state index is -4.34. The third-order valence-electron chi connectivity index (χ3n) is 4.56. The topological polar surface area (TPSA) is 133 Å². The van der Waals surface area contributed by atoms with Crippen LogP contribution in [0.4, 0.5) is 5.69 Å². The number of hydrogen-bond acceptors (Lipinski definition) is 7. The highest BCUT2D eigenvalue weighted by molar-refractivity contribution is 7.90. The molecule has 0 atom stereocenters. The molecule has 3 aromatic carbocycles. The number of rotatable bonds is 8. The second-order valence-corrected chi connectivity index (χ2v) is 8.39. The Kier molecular flexibility index (Phi) is 6.64. The monoisotopic (exact) mass is 454 g/mol. The highest BCUT2D eigenvalue weighted by atomic mass is 32.2. The number of amides is 1. The summed E-state index contributed by atoms with van der Waals surface area (Å²) in [6.45, 7) is 0. The molecular weight excluding hydrogens is 436 g/mol. The summed E-state index contributed by atoms with van der Waals surface area (Å²) >= 11 is 0. The van der Waals surface area contributed by atoms with Gasteiger partial charge in [0.1, 0.15) is 5.75 Å². The van der Waals surface area contributed by atoms with Crippen LogP contribution in [0.2, 0.25) is 0 Å². The second kappa shape index (κ2) is 9.40. The number of hydrogen-bond donors (Lipinski definition) is 1. The van der Waals surface area contributed by atoms with E-state index in [1.165, 1.54) is 37.4 Å². The predicted octanol–water partition coefficient (Wildman–Crippen LogP) is 3.13. The molecule has 0 unspecified atom stereocenters. The van der Waals surface area contributed by atoms with Gasteiger partial charge < -0.3 is 4.74 Å². The van der Waals surface area contributed by atoms with Crippen LogP contribution >= 0.6 is 0 Å². The van der Waals surface area contributed by atoms with Gasteiger partial charge in [0.15, 0.2) is 6.29 Å². The van der Waals surface area contributed by atoms with Crippen LogP contribution in [0.5, 0.6) is 5.75 Å². The van der Waals surface area contributed by atoms with Crippen molar-refractivity contribution in [2.24, 2.45) is 0 Å². The molecule has 0 fully saturated rings. The Morgan fingerprint density at radius 3 is 2.44 bits per heavy atom. The van der Waals surface area contributed by atoms with Crippen LogP contribution in [0, 0.1) is 10.1 Å². The van der Waals surface area contributed by atoms with Crippen LogP contribution in [-0.4, -0.2) is 32.6 Å². The maximum atomic E-state index is 12.9. The van der Waals surface area contributed by atoms with E-state index in [1.54, 1.807) is 30.3 Å². The number of carbonyl (C=O) groups is 2. The van der Waals surface area contributed by atoms with Gasteiger partial charge in [-0.25, -0.2) is 13.1 Å². The summed E-state index contributed by atoms with van der Waals surface area (Å²) in [6, 6.07) is 16.3. The summed E-state index contributed by atoms with van der Waals surface area (Å²) in [4.78, 5) is 34.1. The Hall–Kier alpha value is -4.05. The zero-order chi connectivity index (χ0) is 23.3. The van der Waals surface area contributed by atoms with Crippen LogP contribution in [0.1, 0.15) is 15.9 Å². The van der Waals surface area contributed by atoms with Crippen LogP contribution in [0.15, 0.2) is 71.6 Å². The molecule has 164 valence electrons. The third kappa shape index (κ3) is 4.98. The molecular formula is C22H18N2O7S. The fourth-order valence-electron chi connectivity index (χ4n) is 3.12. The number of aldehydes is 1. The first-order valence-electron chi connectivity index (χ1n) is 9.27. The van der Waals surface area contributed by atoms with Crippen molar-refractivity contribution in [2.75, 3.05) is 7.11 Å². The molecule has 0 aliphatic rings. The zero-order valence-electron chi connectivity index (χ0n) is 16.8. The van der Waals surface area contributed by atoms with Gasteiger partial charge in [0, 0.05) is 17.7 Å². The molecule has 0 aliphatic heterocycles. The summed E-state index contributed by atoms with van der Waals surface area (Å²) in [5.41, 5.74) is 0.735. The van der Waals surface area contributed by atoms with E-state index in [4.69, 9.17) is 4.74 Å². The second-order valence-electron chi connectivity index (χ2n) is 6.71. The molecule has 0 heterocycles. The first kappa shape index (κ1) is 22.6. The van der Waals surface area contributed by atoms with Gasteiger partial charge in [-0.15, -0.1) is 0 Å². The summed E-state index contributed by atoms with van der Waals surface area (Å²) in [7, 11) is -3.05. The molecule has 1 N–H and O–H groups in total. The Bertz CT molecular complexity index is 1290. The lowest BCUT2D eigenvalue weighted by Crippen LogP contribution is -2.32. The van der Waals surface area contributed by atoms with Crippen LogP contribution in [-0.2, 0) is 21.2 Å². The number of nitro groups is 1. The summed E-state index contributed by atoms with van der Waals surface area (Å²) in [6.07, 6.45) is 0.249. The van der Waals surface area contributed by atoms with Gasteiger partial charge in [-0.3, -0.25) is 19.7 Å². The summed E-state index contributed by atoms with van der Waals surface area (Å²) in [5, 5.41) is 11.1. The highest BCUT2D eigenvalue weighted by Crippen LogP contribution is 2.36. The number of carbonyl (C=O) groups excluding carboxylic acids is 2. The van der Waals surface area contributed by atoms with E-state index >= 15 is 0 Å². The molecule has 0 aliphatic carbocycles. The van der Waals surface area contributed by atoms with Crippen LogP contribution in [0.3, 0.4) is 0 Å². The van der Waals surface area contributed by atoms with E-state index in [0.29, 0.717) is 11.8 Å². The summed E-state index contributed by atoms with van der Waals surface area (Å²) < 4.78 is 33.0. The van der Waals surface area contributed by atoms with Gasteiger partial charge in [0.05, 0.1) is 28.9 Å². The number of non-ortho nitro benzene ring substituents is 1. The normalized spacial score (nSPS) is 10.9. The van der Waals surface area contributed by atoms with E-state index < -0.39 is 20.9 Å². The van der Waals surface area contributed by atoms with Crippen molar-refractivity contribution < 1.29 is 27.7 Å². The average molecular weight is 454 g/mol. The Balaban J connectivity index is 2.04. The van der Waals surface area contributed by atoms with Crippen molar-refractivity contribution in [3.63, 3.8) is 0 Å². The molecule has 1 amide bonds. The maximum absolute atomic E-state index is 12.9. The molecule has 0 saturated heterocycles. The number of benzene rings is 3. The van der Waals surface area contributed by atoms with E-state index in [1.807, 2.05) is 4.72 Å². The van der Waals surface area contributed by atoms with Crippen molar-refractivity contribution in [3.05, 3.63) is 88.0 Å². The number of nitro benzene ring substituents is 1. The van der Waals surface area contributed by atoms with Crippen molar-refractivity contribution >= 4 is 27.9 Å². The third-order valence-corrected chi connectivity index (χ3v) is 5.91. The molecule has 0 saturated carbocycles. The van der Waals surface area contributed by atoms with Crippen LogP contribution in [0.25, 0.3) is 11.1 Å². The molecule has 10 heteroatoms. The Morgan fingerprint density at radius 2 is 1.81 bits per heavy atom. The predicted molar refractivity (Wildman–Crippen MR) is 116 cm³/mol. The van der Waals surface area contributed by atoms with Gasteiger partial charge in [-0.1, -0.05) is 42.5 Å². The smallest absolute Gasteiger partial charge is 0.270 e. The standard InChI is InChI=1S/C22H18N2O7S/c1-31-22-17(14-25)12-19(13-20(22)16-8-5-9-18(11-16)24(27)28)32(29,30)23-21(26)10-15-6-3-2-4-7-15/h2-9,11-14H,10H2,1H3,(H,23,26). The van der Waals surface area contributed by atoms with E-state index in [-0.39, 0.29) is 39.4 Å². The molecule has 3 rings (SSSR count). The lowest BCUT2D eigenvalue weighted by atomic mass is 10.0. The molecule has 9 nitrogen and oxygen atoms in total. The van der Waals surface area contributed by atoms with Gasteiger partial charge >= 0.3 is 0 Å². The maximum Gasteiger partial charge on any atom is 0.270 e. The van der Waals surface area contributed by atoms with Crippen molar-refractivity contribution in [3.8, 4) is 16.9 Å². The number of ether oxygens (including phenoxy) is 1. The molecule has 0 aromatic heterocycles. The zero-order valence-corrected chi connectivity index (χ0v) is 17.7.